The van der Waals surface area contributed by atoms with Crippen LogP contribution in [0.15, 0.2) is 72.8 Å². The molecule has 0 aliphatic carbocycles. The number of hydrogen-bond donors (Lipinski definition) is 0. The first-order chi connectivity index (χ1) is 13.0. The summed E-state index contributed by atoms with van der Waals surface area (Å²) in [6, 6.07) is 18.4. The van der Waals surface area contributed by atoms with E-state index in [2.05, 4.69) is 0 Å². The minimum absolute atomic E-state index is 0. The summed E-state index contributed by atoms with van der Waals surface area (Å²) in [5.41, 5.74) is 0.660. The molecule has 0 amide bonds. The largest absolute Gasteiger partial charge is 0.872 e. The standard InChI is InChI=1S/3C7H6O2.Sm/c3*8-5-6-3-1-2-4-7(6)9;/h3*1-5,9H;/p-3. The van der Waals surface area contributed by atoms with Crippen LogP contribution in [0, 0.1) is 40.4 Å². The monoisotopic (exact) mass is 515 g/mol. The normalized spacial score (nSPS) is 8.57. The van der Waals surface area contributed by atoms with Gasteiger partial charge in [0.1, 0.15) is 18.9 Å². The van der Waals surface area contributed by atoms with Crippen LogP contribution in [0.2, 0.25) is 0 Å². The molecule has 0 aliphatic rings. The summed E-state index contributed by atoms with van der Waals surface area (Å²) >= 11 is 0. The van der Waals surface area contributed by atoms with Crippen molar-refractivity contribution < 1.29 is 70.1 Å². The molecule has 0 heterocycles. The number of carbonyl (C=O) groups is 3. The Hall–Kier alpha value is -2.59. The van der Waals surface area contributed by atoms with E-state index >= 15 is 0 Å². The molecule has 0 atom stereocenters. The summed E-state index contributed by atoms with van der Waals surface area (Å²) in [7, 11) is 0. The summed E-state index contributed by atoms with van der Waals surface area (Å²) < 4.78 is 0. The second-order valence-corrected chi connectivity index (χ2v) is 4.97. The average Bonchev–Trinajstić information content (AvgIpc) is 2.70. The Balaban J connectivity index is 0.000000384. The first-order valence-electron chi connectivity index (χ1n) is 7.67. The summed E-state index contributed by atoms with van der Waals surface area (Å²) in [5, 5.41) is 31.9. The van der Waals surface area contributed by atoms with Crippen LogP contribution < -0.4 is 15.3 Å². The second kappa shape index (κ2) is 14.5. The molecule has 0 saturated heterocycles. The van der Waals surface area contributed by atoms with Gasteiger partial charge in [-0.1, -0.05) is 90.0 Å². The molecule has 0 saturated carbocycles. The third-order valence-corrected chi connectivity index (χ3v) is 3.14. The molecule has 0 bridgehead atoms. The topological polar surface area (TPSA) is 120 Å². The number of hydrogen-bond acceptors (Lipinski definition) is 6. The van der Waals surface area contributed by atoms with Gasteiger partial charge < -0.3 is 15.3 Å². The van der Waals surface area contributed by atoms with Gasteiger partial charge in [0.15, 0.2) is 0 Å². The van der Waals surface area contributed by atoms with Crippen LogP contribution in [0.5, 0.6) is 17.2 Å². The van der Waals surface area contributed by atoms with Gasteiger partial charge in [0.25, 0.3) is 0 Å². The summed E-state index contributed by atoms with van der Waals surface area (Å²) in [4.78, 5) is 30.1. The van der Waals surface area contributed by atoms with Crippen LogP contribution in [0.25, 0.3) is 0 Å². The fraction of sp³-hybridized carbons (Fsp3) is 0. The van der Waals surface area contributed by atoms with E-state index in [1.54, 1.807) is 36.4 Å². The molecule has 28 heavy (non-hydrogen) atoms. The van der Waals surface area contributed by atoms with Gasteiger partial charge in [0.05, 0.1) is 0 Å². The quantitative estimate of drug-likeness (QED) is 0.492. The van der Waals surface area contributed by atoms with Crippen molar-refractivity contribution in [3.05, 3.63) is 89.5 Å². The molecule has 0 fully saturated rings. The van der Waals surface area contributed by atoms with Gasteiger partial charge in [-0.3, -0.25) is 14.4 Å². The van der Waals surface area contributed by atoms with E-state index in [0.717, 1.165) is 0 Å². The maximum absolute atomic E-state index is 10.6. The Morgan fingerprint density at radius 3 is 0.821 bits per heavy atom. The predicted molar refractivity (Wildman–Crippen MR) is 93.8 cm³/mol. The van der Waals surface area contributed by atoms with Crippen LogP contribution in [-0.2, 0) is 0 Å². The van der Waals surface area contributed by atoms with Crippen molar-refractivity contribution in [1.82, 2.24) is 0 Å². The third-order valence-electron chi connectivity index (χ3n) is 3.14. The third kappa shape index (κ3) is 8.87. The van der Waals surface area contributed by atoms with Gasteiger partial charge in [0.2, 0.25) is 0 Å². The van der Waals surface area contributed by atoms with Gasteiger partial charge in [-0.2, -0.15) is 0 Å². The maximum atomic E-state index is 10.6. The van der Waals surface area contributed by atoms with Gasteiger partial charge in [0, 0.05) is 57.1 Å². The van der Waals surface area contributed by atoms with Crippen molar-refractivity contribution in [2.45, 2.75) is 0 Å². The Labute approximate surface area is 194 Å². The molecule has 6 nitrogen and oxygen atoms in total. The Kier molecular flexibility index (Phi) is 13.1. The Morgan fingerprint density at radius 2 is 0.679 bits per heavy atom. The molecule has 0 spiro atoms. The zero-order chi connectivity index (χ0) is 20.1. The van der Waals surface area contributed by atoms with Crippen molar-refractivity contribution in [1.29, 1.82) is 0 Å². The van der Waals surface area contributed by atoms with Crippen molar-refractivity contribution in [3.63, 3.8) is 0 Å². The second-order valence-electron chi connectivity index (χ2n) is 4.97. The van der Waals surface area contributed by atoms with Crippen LogP contribution in [0.1, 0.15) is 31.1 Å². The van der Waals surface area contributed by atoms with Crippen LogP contribution in [0.4, 0.5) is 0 Å². The summed E-state index contributed by atoms with van der Waals surface area (Å²) in [5.74, 6) is -0.646. The Morgan fingerprint density at radius 1 is 0.464 bits per heavy atom. The minimum atomic E-state index is -0.215. The van der Waals surface area contributed by atoms with E-state index in [1.807, 2.05) is 0 Å². The number of rotatable bonds is 3. The number of aldehydes is 3. The number of carbonyl (C=O) groups excluding carboxylic acids is 3. The molecular formula is C21H15O6Sm-3. The average molecular weight is 514 g/mol. The zero-order valence-corrected chi connectivity index (χ0v) is 17.1. The molecule has 0 N–H and O–H groups in total. The minimum Gasteiger partial charge on any atom is -0.872 e. The van der Waals surface area contributed by atoms with Gasteiger partial charge in [-0.25, -0.2) is 0 Å². The van der Waals surface area contributed by atoms with Crippen LogP contribution in [-0.4, -0.2) is 18.9 Å². The fourth-order valence-corrected chi connectivity index (χ4v) is 1.73. The smallest absolute Gasteiger partial charge is 0.149 e. The predicted octanol–water partition coefficient (Wildman–Crippen LogP) is 1.72. The fourth-order valence-electron chi connectivity index (χ4n) is 1.73. The van der Waals surface area contributed by atoms with E-state index in [-0.39, 0.29) is 74.3 Å². The maximum Gasteiger partial charge on any atom is 0.149 e. The molecule has 7 heteroatoms. The van der Waals surface area contributed by atoms with Gasteiger partial charge in [-0.05, 0) is 0 Å². The molecular weight excluding hydrogens is 499 g/mol. The molecule has 0 radical (unpaired) electrons. The Bertz CT molecular complexity index is 778. The summed E-state index contributed by atoms with van der Waals surface area (Å²) in [6.45, 7) is 0. The zero-order valence-electron chi connectivity index (χ0n) is 14.5. The van der Waals surface area contributed by atoms with Crippen LogP contribution >= 0.6 is 0 Å². The number of benzene rings is 3. The first-order valence-corrected chi connectivity index (χ1v) is 7.67. The van der Waals surface area contributed by atoms with Gasteiger partial charge in [-0.15, -0.1) is 0 Å². The first kappa shape index (κ1) is 25.4. The van der Waals surface area contributed by atoms with Crippen LogP contribution in [0.3, 0.4) is 0 Å². The van der Waals surface area contributed by atoms with E-state index in [9.17, 15) is 29.7 Å². The molecule has 3 aromatic carbocycles. The van der Waals surface area contributed by atoms with Crippen molar-refractivity contribution >= 4 is 18.9 Å². The van der Waals surface area contributed by atoms with Crippen molar-refractivity contribution in [3.8, 4) is 17.2 Å². The molecule has 0 unspecified atom stereocenters. The SMILES string of the molecule is O=Cc1ccccc1[O-].O=Cc1ccccc1[O-].O=Cc1ccccc1[O-].[Sm]. The van der Waals surface area contributed by atoms with E-state index in [4.69, 9.17) is 0 Å². The van der Waals surface area contributed by atoms with Crippen molar-refractivity contribution in [2.75, 3.05) is 0 Å². The summed E-state index contributed by atoms with van der Waals surface area (Å²) in [6.07, 6.45) is 1.67. The van der Waals surface area contributed by atoms with Crippen molar-refractivity contribution in [2.24, 2.45) is 0 Å². The molecule has 3 aromatic rings. The number of para-hydroxylation sites is 3. The molecule has 0 aromatic heterocycles. The molecule has 3 rings (SSSR count). The van der Waals surface area contributed by atoms with E-state index < -0.39 is 0 Å². The molecule has 0 aliphatic heterocycles. The van der Waals surface area contributed by atoms with Gasteiger partial charge >= 0.3 is 0 Å². The van der Waals surface area contributed by atoms with E-state index in [0.29, 0.717) is 18.9 Å². The van der Waals surface area contributed by atoms with E-state index in [1.165, 1.54) is 36.4 Å². The molecule has 144 valence electrons.